The number of aromatic nitrogens is 5. The third kappa shape index (κ3) is 4.09. The minimum atomic E-state index is -1.50. The van der Waals surface area contributed by atoms with E-state index in [0.717, 1.165) is 12.3 Å². The summed E-state index contributed by atoms with van der Waals surface area (Å²) in [6, 6.07) is 0.786. The Hall–Kier alpha value is -2.46. The molecule has 2 aromatic rings. The van der Waals surface area contributed by atoms with Gasteiger partial charge in [0.2, 0.25) is 0 Å². The molecule has 1 atom stereocenters. The fraction of sp³-hybridized carbons (Fsp3) is 0.250. The number of ether oxygens (including phenoxy) is 1. The van der Waals surface area contributed by atoms with E-state index >= 15 is 0 Å². The predicted octanol–water partition coefficient (Wildman–Crippen LogP) is 1.81. The molecule has 0 saturated carbocycles. The largest absolute Gasteiger partial charge is 0.465 e. The summed E-state index contributed by atoms with van der Waals surface area (Å²) in [6.45, 7) is 1.59. The van der Waals surface area contributed by atoms with Crippen molar-refractivity contribution >= 4 is 47.1 Å². The van der Waals surface area contributed by atoms with Gasteiger partial charge in [-0.1, -0.05) is 28.3 Å². The highest BCUT2D eigenvalue weighted by molar-refractivity contribution is 6.36. The van der Waals surface area contributed by atoms with E-state index in [1.165, 1.54) is 0 Å². The quantitative estimate of drug-likeness (QED) is 0.268. The lowest BCUT2D eigenvalue weighted by Crippen LogP contribution is -2.28. The van der Waals surface area contributed by atoms with Crippen LogP contribution in [0.3, 0.4) is 0 Å². The molecule has 1 N–H and O–H groups in total. The summed E-state index contributed by atoms with van der Waals surface area (Å²) >= 11 is 11.3. The van der Waals surface area contributed by atoms with E-state index in [2.05, 4.69) is 30.6 Å². The van der Waals surface area contributed by atoms with E-state index in [-0.39, 0.29) is 23.3 Å². The Labute approximate surface area is 144 Å². The maximum absolute atomic E-state index is 13.6. The van der Waals surface area contributed by atoms with Crippen molar-refractivity contribution in [2.75, 3.05) is 6.61 Å². The van der Waals surface area contributed by atoms with Gasteiger partial charge in [0, 0.05) is 6.21 Å². The molecule has 0 radical (unpaired) electrons. The molecule has 0 bridgehead atoms. The highest BCUT2D eigenvalue weighted by Crippen LogP contribution is 2.23. The standard InChI is InChI=1S/C12H9Cl2FN6O3/c1-2-24-11(23)6(4-16-12-18-20-21-19-12)8(22)5-3-7(15)10(14)17-9(5)13/h3-4,6H,2H2,1H3,(H,18,19,20,21). The van der Waals surface area contributed by atoms with Crippen LogP contribution in [0.5, 0.6) is 0 Å². The van der Waals surface area contributed by atoms with Crippen LogP contribution in [0, 0.1) is 11.7 Å². The lowest BCUT2D eigenvalue weighted by atomic mass is 10.00. The molecular weight excluding hydrogens is 366 g/mol. The zero-order valence-electron chi connectivity index (χ0n) is 12.0. The minimum absolute atomic E-state index is 0.0274. The van der Waals surface area contributed by atoms with Gasteiger partial charge >= 0.3 is 5.97 Å². The van der Waals surface area contributed by atoms with Crippen LogP contribution < -0.4 is 0 Å². The van der Waals surface area contributed by atoms with Crippen molar-refractivity contribution in [1.82, 2.24) is 25.6 Å². The van der Waals surface area contributed by atoms with Gasteiger partial charge in [-0.25, -0.2) is 14.4 Å². The average Bonchev–Trinajstić information content (AvgIpc) is 3.04. The van der Waals surface area contributed by atoms with Gasteiger partial charge in [-0.3, -0.25) is 9.59 Å². The SMILES string of the molecule is CCOC(=O)C(C=Nc1nn[nH]n1)C(=O)c1cc(F)c(Cl)nc1Cl. The van der Waals surface area contributed by atoms with Crippen LogP contribution >= 0.6 is 23.2 Å². The maximum atomic E-state index is 13.6. The normalized spacial score (nSPS) is 12.3. The summed E-state index contributed by atoms with van der Waals surface area (Å²) in [5.74, 6) is -4.33. The number of carbonyl (C=O) groups excluding carboxylic acids is 2. The molecule has 2 rings (SSSR count). The van der Waals surface area contributed by atoms with Crippen molar-refractivity contribution in [2.45, 2.75) is 6.92 Å². The van der Waals surface area contributed by atoms with Crippen LogP contribution in [0.25, 0.3) is 0 Å². The minimum Gasteiger partial charge on any atom is -0.465 e. The molecular formula is C12H9Cl2FN6O3. The van der Waals surface area contributed by atoms with Crippen LogP contribution in [-0.2, 0) is 9.53 Å². The van der Waals surface area contributed by atoms with Gasteiger partial charge in [-0.2, -0.15) is 5.21 Å². The lowest BCUT2D eigenvalue weighted by Gasteiger charge is -2.11. The van der Waals surface area contributed by atoms with E-state index in [4.69, 9.17) is 27.9 Å². The van der Waals surface area contributed by atoms with Gasteiger partial charge in [-0.05, 0) is 18.2 Å². The van der Waals surface area contributed by atoms with Gasteiger partial charge < -0.3 is 4.74 Å². The second-order valence-electron chi connectivity index (χ2n) is 4.18. The third-order valence-corrected chi connectivity index (χ3v) is 3.20. The smallest absolute Gasteiger partial charge is 0.322 e. The van der Waals surface area contributed by atoms with Gasteiger partial charge in [0.15, 0.2) is 22.7 Å². The molecule has 1 unspecified atom stereocenters. The summed E-state index contributed by atoms with van der Waals surface area (Å²) in [7, 11) is 0. The van der Waals surface area contributed by atoms with Crippen LogP contribution in [0.2, 0.25) is 10.3 Å². The highest BCUT2D eigenvalue weighted by Gasteiger charge is 2.30. The molecule has 126 valence electrons. The number of hydrogen-bond acceptors (Lipinski definition) is 8. The van der Waals surface area contributed by atoms with Gasteiger partial charge in [0.25, 0.3) is 5.95 Å². The number of aromatic amines is 1. The Kier molecular flexibility index (Phi) is 5.88. The summed E-state index contributed by atoms with van der Waals surface area (Å²) in [6.07, 6.45) is 0.952. The van der Waals surface area contributed by atoms with Crippen LogP contribution in [0.15, 0.2) is 11.1 Å². The Morgan fingerprint density at radius 2 is 2.21 bits per heavy atom. The van der Waals surface area contributed by atoms with E-state index in [1.807, 2.05) is 0 Å². The molecule has 12 heteroatoms. The third-order valence-electron chi connectivity index (χ3n) is 2.65. The topological polar surface area (TPSA) is 123 Å². The first kappa shape index (κ1) is 17.9. The van der Waals surface area contributed by atoms with Crippen molar-refractivity contribution in [3.05, 3.63) is 27.8 Å². The number of tetrazole rings is 1. The number of carbonyl (C=O) groups is 2. The number of nitrogens with one attached hydrogen (secondary N) is 1. The van der Waals surface area contributed by atoms with Crippen molar-refractivity contribution in [3.8, 4) is 0 Å². The average molecular weight is 375 g/mol. The first-order chi connectivity index (χ1) is 11.4. The summed E-state index contributed by atoms with van der Waals surface area (Å²) in [4.78, 5) is 31.7. The fourth-order valence-electron chi connectivity index (χ4n) is 1.61. The summed E-state index contributed by atoms with van der Waals surface area (Å²) in [5, 5.41) is 11.7. The number of ketones is 1. The molecule has 24 heavy (non-hydrogen) atoms. The molecule has 0 aliphatic carbocycles. The van der Waals surface area contributed by atoms with Crippen LogP contribution in [0.4, 0.5) is 10.3 Å². The number of esters is 1. The highest BCUT2D eigenvalue weighted by atomic mass is 35.5. The number of halogens is 3. The monoisotopic (exact) mass is 374 g/mol. The second-order valence-corrected chi connectivity index (χ2v) is 4.90. The molecule has 9 nitrogen and oxygen atoms in total. The van der Waals surface area contributed by atoms with E-state index in [9.17, 15) is 14.0 Å². The molecule has 0 aliphatic rings. The number of H-pyrrole nitrogens is 1. The Morgan fingerprint density at radius 3 is 2.83 bits per heavy atom. The van der Waals surface area contributed by atoms with Gasteiger partial charge in [0.1, 0.15) is 5.15 Å². The van der Waals surface area contributed by atoms with E-state index in [1.54, 1.807) is 6.92 Å². The predicted molar refractivity (Wildman–Crippen MR) is 81.0 cm³/mol. The molecule has 0 fully saturated rings. The molecule has 0 aliphatic heterocycles. The Balaban J connectivity index is 2.37. The van der Waals surface area contributed by atoms with Crippen LogP contribution in [-0.4, -0.2) is 50.2 Å². The lowest BCUT2D eigenvalue weighted by molar-refractivity contribution is -0.143. The molecule has 0 spiro atoms. The molecule has 2 aromatic heterocycles. The number of hydrogen-bond donors (Lipinski definition) is 1. The molecule has 0 amide bonds. The summed E-state index contributed by atoms with van der Waals surface area (Å²) < 4.78 is 18.4. The zero-order valence-corrected chi connectivity index (χ0v) is 13.5. The van der Waals surface area contributed by atoms with Gasteiger partial charge in [0.05, 0.1) is 12.2 Å². The Morgan fingerprint density at radius 1 is 1.46 bits per heavy atom. The number of Topliss-reactive ketones (excluding diaryl/α,β-unsaturated/α-hetero) is 1. The molecule has 0 aromatic carbocycles. The van der Waals surface area contributed by atoms with E-state index < -0.39 is 28.6 Å². The zero-order chi connectivity index (χ0) is 17.7. The maximum Gasteiger partial charge on any atom is 0.322 e. The first-order valence-electron chi connectivity index (χ1n) is 6.44. The van der Waals surface area contributed by atoms with Crippen molar-refractivity contribution < 1.29 is 18.7 Å². The molecule has 2 heterocycles. The summed E-state index contributed by atoms with van der Waals surface area (Å²) in [5.41, 5.74) is -0.337. The van der Waals surface area contributed by atoms with Gasteiger partial charge in [-0.15, -0.1) is 5.10 Å². The fourth-order valence-corrected chi connectivity index (χ4v) is 2.02. The first-order valence-corrected chi connectivity index (χ1v) is 7.19. The Bertz CT molecular complexity index is 783. The van der Waals surface area contributed by atoms with Crippen molar-refractivity contribution in [1.29, 1.82) is 0 Å². The number of rotatable bonds is 6. The number of pyridine rings is 1. The van der Waals surface area contributed by atoms with Crippen molar-refractivity contribution in [2.24, 2.45) is 10.9 Å². The molecule has 0 saturated heterocycles. The van der Waals surface area contributed by atoms with Crippen LogP contribution in [0.1, 0.15) is 17.3 Å². The van der Waals surface area contributed by atoms with E-state index in [0.29, 0.717) is 0 Å². The number of aliphatic imine (C=N–C) groups is 1. The number of nitrogens with zero attached hydrogens (tertiary/aromatic N) is 5. The second kappa shape index (κ2) is 7.88. The van der Waals surface area contributed by atoms with Crippen molar-refractivity contribution in [3.63, 3.8) is 0 Å².